The Morgan fingerprint density at radius 2 is 1.50 bits per heavy atom. The molecule has 0 radical (unpaired) electrons. The molecule has 2 heteroatoms. The van der Waals surface area contributed by atoms with Gasteiger partial charge in [0.1, 0.15) is 0 Å². The maximum absolute atomic E-state index is 3.50. The van der Waals surface area contributed by atoms with Crippen LogP contribution in [0.5, 0.6) is 0 Å². The van der Waals surface area contributed by atoms with Crippen molar-refractivity contribution in [1.82, 2.24) is 10.2 Å². The molecule has 1 N–H and O–H groups in total. The summed E-state index contributed by atoms with van der Waals surface area (Å²) in [6.45, 7) is 16.8. The first-order valence-corrected chi connectivity index (χ1v) is 5.60. The summed E-state index contributed by atoms with van der Waals surface area (Å²) in [7, 11) is 2.20. The molecule has 0 saturated heterocycles. The van der Waals surface area contributed by atoms with Crippen LogP contribution in [0.25, 0.3) is 0 Å². The van der Waals surface area contributed by atoms with Crippen molar-refractivity contribution in [3.8, 4) is 0 Å². The number of rotatable bonds is 5. The quantitative estimate of drug-likeness (QED) is 0.733. The van der Waals surface area contributed by atoms with E-state index < -0.39 is 0 Å². The third-order valence-electron chi connectivity index (χ3n) is 2.06. The van der Waals surface area contributed by atoms with Gasteiger partial charge in [-0.05, 0) is 32.9 Å². The molecule has 0 aromatic heterocycles. The van der Waals surface area contributed by atoms with Gasteiger partial charge in [0.15, 0.2) is 0 Å². The Hall–Kier alpha value is -0.0800. The van der Waals surface area contributed by atoms with Crippen LogP contribution in [0.4, 0.5) is 0 Å². The molecule has 0 aliphatic carbocycles. The van der Waals surface area contributed by atoms with E-state index in [0.29, 0.717) is 5.41 Å². The summed E-state index contributed by atoms with van der Waals surface area (Å²) in [6, 6.07) is 0. The third kappa shape index (κ3) is 7.34. The summed E-state index contributed by atoms with van der Waals surface area (Å²) >= 11 is 0. The van der Waals surface area contributed by atoms with Crippen molar-refractivity contribution >= 4 is 0 Å². The van der Waals surface area contributed by atoms with Crippen LogP contribution in [-0.4, -0.2) is 37.1 Å². The highest BCUT2D eigenvalue weighted by molar-refractivity contribution is 4.81. The lowest BCUT2D eigenvalue weighted by atomic mass is 9.95. The van der Waals surface area contributed by atoms with Crippen LogP contribution in [-0.2, 0) is 0 Å². The van der Waals surface area contributed by atoms with Crippen molar-refractivity contribution < 1.29 is 0 Å². The van der Waals surface area contributed by atoms with Gasteiger partial charge in [0.25, 0.3) is 0 Å². The highest BCUT2D eigenvalue weighted by Gasteiger charge is 2.21. The second kappa shape index (κ2) is 5.13. The summed E-state index contributed by atoms with van der Waals surface area (Å²) < 4.78 is 0. The van der Waals surface area contributed by atoms with E-state index in [1.54, 1.807) is 0 Å². The molecule has 0 rings (SSSR count). The molecule has 0 aromatic rings. The van der Waals surface area contributed by atoms with Gasteiger partial charge in [0.05, 0.1) is 0 Å². The lowest BCUT2D eigenvalue weighted by Crippen LogP contribution is -2.49. The Morgan fingerprint density at radius 3 is 1.86 bits per heavy atom. The fourth-order valence-electron chi connectivity index (χ4n) is 2.07. The van der Waals surface area contributed by atoms with Gasteiger partial charge < -0.3 is 10.2 Å². The lowest BCUT2D eigenvalue weighted by Gasteiger charge is -2.34. The molecular weight excluding hydrogens is 172 g/mol. The van der Waals surface area contributed by atoms with Crippen LogP contribution >= 0.6 is 0 Å². The van der Waals surface area contributed by atoms with Crippen LogP contribution in [0.15, 0.2) is 0 Å². The van der Waals surface area contributed by atoms with E-state index in [4.69, 9.17) is 0 Å². The van der Waals surface area contributed by atoms with Crippen molar-refractivity contribution in [2.75, 3.05) is 26.7 Å². The maximum Gasteiger partial charge on any atom is 0.0251 e. The second-order valence-corrected chi connectivity index (χ2v) is 6.15. The van der Waals surface area contributed by atoms with Gasteiger partial charge in [-0.2, -0.15) is 0 Å². The van der Waals surface area contributed by atoms with Crippen LogP contribution in [0.1, 0.15) is 41.5 Å². The normalized spacial score (nSPS) is 13.7. The Labute approximate surface area is 90.1 Å². The van der Waals surface area contributed by atoms with Crippen molar-refractivity contribution in [2.45, 2.75) is 47.1 Å². The van der Waals surface area contributed by atoms with Crippen LogP contribution in [0.2, 0.25) is 0 Å². The van der Waals surface area contributed by atoms with E-state index in [1.165, 1.54) is 0 Å². The average Bonchev–Trinajstić information content (AvgIpc) is 1.78. The molecule has 0 aliphatic rings. The second-order valence-electron chi connectivity index (χ2n) is 6.15. The zero-order valence-corrected chi connectivity index (χ0v) is 11.1. The standard InChI is InChI=1S/C12H28N2/c1-8-13-12(5,6)10-14(7)9-11(2,3)4/h13H,8-10H2,1-7H3. The predicted octanol–water partition coefficient (Wildman–Crippen LogP) is 2.35. The number of hydrogen-bond acceptors (Lipinski definition) is 2. The molecule has 0 aliphatic heterocycles. The van der Waals surface area contributed by atoms with E-state index >= 15 is 0 Å². The molecule has 0 aromatic carbocycles. The highest BCUT2D eigenvalue weighted by Crippen LogP contribution is 2.15. The molecule has 0 fully saturated rings. The van der Waals surface area contributed by atoms with E-state index in [1.807, 2.05) is 0 Å². The zero-order chi connectivity index (χ0) is 11.4. The van der Waals surface area contributed by atoms with Gasteiger partial charge in [0.2, 0.25) is 0 Å². The Kier molecular flexibility index (Phi) is 5.10. The lowest BCUT2D eigenvalue weighted by molar-refractivity contribution is 0.180. The van der Waals surface area contributed by atoms with Gasteiger partial charge >= 0.3 is 0 Å². The monoisotopic (exact) mass is 200 g/mol. The summed E-state index contributed by atoms with van der Waals surface area (Å²) in [5.41, 5.74) is 0.603. The van der Waals surface area contributed by atoms with E-state index in [0.717, 1.165) is 19.6 Å². The van der Waals surface area contributed by atoms with Crippen LogP contribution in [0.3, 0.4) is 0 Å². The maximum atomic E-state index is 3.50. The van der Waals surface area contributed by atoms with Crippen molar-refractivity contribution in [2.24, 2.45) is 5.41 Å². The first-order valence-electron chi connectivity index (χ1n) is 5.60. The molecule has 14 heavy (non-hydrogen) atoms. The molecule has 0 unspecified atom stereocenters. The minimum atomic E-state index is 0.217. The topological polar surface area (TPSA) is 15.3 Å². The highest BCUT2D eigenvalue weighted by atomic mass is 15.1. The summed E-state index contributed by atoms with van der Waals surface area (Å²) in [5, 5.41) is 3.50. The molecule has 2 nitrogen and oxygen atoms in total. The van der Waals surface area contributed by atoms with Crippen LogP contribution < -0.4 is 5.32 Å². The Bertz CT molecular complexity index is 156. The van der Waals surface area contributed by atoms with Crippen molar-refractivity contribution in [3.63, 3.8) is 0 Å². The van der Waals surface area contributed by atoms with Gasteiger partial charge in [-0.15, -0.1) is 0 Å². The first kappa shape index (κ1) is 13.9. The molecular formula is C12H28N2. The SMILES string of the molecule is CCNC(C)(C)CN(C)CC(C)(C)C. The van der Waals surface area contributed by atoms with Gasteiger partial charge in [-0.25, -0.2) is 0 Å². The zero-order valence-electron chi connectivity index (χ0n) is 11.1. The number of nitrogens with zero attached hydrogens (tertiary/aromatic N) is 1. The van der Waals surface area contributed by atoms with E-state index in [-0.39, 0.29) is 5.54 Å². The van der Waals surface area contributed by atoms with Crippen molar-refractivity contribution in [3.05, 3.63) is 0 Å². The number of hydrogen-bond donors (Lipinski definition) is 1. The molecule has 0 spiro atoms. The van der Waals surface area contributed by atoms with E-state index in [2.05, 4.69) is 58.8 Å². The molecule has 0 amide bonds. The minimum absolute atomic E-state index is 0.217. The molecule has 0 saturated carbocycles. The van der Waals surface area contributed by atoms with Gasteiger partial charge in [0, 0.05) is 18.6 Å². The van der Waals surface area contributed by atoms with Gasteiger partial charge in [-0.1, -0.05) is 27.7 Å². The first-order chi connectivity index (χ1) is 6.16. The average molecular weight is 200 g/mol. The largest absolute Gasteiger partial charge is 0.311 e. The molecule has 86 valence electrons. The number of likely N-dealkylation sites (N-methyl/N-ethyl adjacent to an activating group) is 2. The Morgan fingerprint density at radius 1 is 1.00 bits per heavy atom. The minimum Gasteiger partial charge on any atom is -0.311 e. The van der Waals surface area contributed by atoms with Gasteiger partial charge in [-0.3, -0.25) is 0 Å². The smallest absolute Gasteiger partial charge is 0.0251 e. The fraction of sp³-hybridized carbons (Fsp3) is 1.00. The number of nitrogens with one attached hydrogen (secondary N) is 1. The predicted molar refractivity (Wildman–Crippen MR) is 64.7 cm³/mol. The summed E-state index contributed by atoms with van der Waals surface area (Å²) in [4.78, 5) is 2.41. The molecule has 0 heterocycles. The van der Waals surface area contributed by atoms with Crippen LogP contribution in [0, 0.1) is 5.41 Å². The summed E-state index contributed by atoms with van der Waals surface area (Å²) in [6.07, 6.45) is 0. The fourth-order valence-corrected chi connectivity index (χ4v) is 2.07. The Balaban J connectivity index is 3.98. The molecule has 0 atom stereocenters. The summed E-state index contributed by atoms with van der Waals surface area (Å²) in [5.74, 6) is 0. The third-order valence-corrected chi connectivity index (χ3v) is 2.06. The van der Waals surface area contributed by atoms with Crippen molar-refractivity contribution in [1.29, 1.82) is 0 Å². The molecule has 0 bridgehead atoms. The van der Waals surface area contributed by atoms with E-state index in [9.17, 15) is 0 Å².